The van der Waals surface area contributed by atoms with Crippen LogP contribution in [0.15, 0.2) is 30.5 Å². The standard InChI is InChI=1S/C12H14N2/c1-9-4-6-11(7-5-9)12-10(2)8-13-14(12)3/h4-8H,1-3H3. The Morgan fingerprint density at radius 2 is 1.71 bits per heavy atom. The molecule has 1 aromatic heterocycles. The van der Waals surface area contributed by atoms with Gasteiger partial charge in [0.25, 0.3) is 0 Å². The van der Waals surface area contributed by atoms with Gasteiger partial charge in [0.1, 0.15) is 0 Å². The first-order valence-electron chi connectivity index (χ1n) is 4.74. The first kappa shape index (κ1) is 9.00. The zero-order chi connectivity index (χ0) is 10.1. The molecule has 2 aromatic rings. The predicted molar refractivity (Wildman–Crippen MR) is 58.1 cm³/mol. The van der Waals surface area contributed by atoms with Gasteiger partial charge in [0.15, 0.2) is 0 Å². The zero-order valence-corrected chi connectivity index (χ0v) is 8.78. The topological polar surface area (TPSA) is 17.8 Å². The molecule has 0 saturated carbocycles. The Morgan fingerprint density at radius 3 is 2.21 bits per heavy atom. The Bertz CT molecular complexity index is 418. The Hall–Kier alpha value is -1.57. The van der Waals surface area contributed by atoms with E-state index < -0.39 is 0 Å². The van der Waals surface area contributed by atoms with Crippen molar-refractivity contribution in [2.45, 2.75) is 13.8 Å². The highest BCUT2D eigenvalue weighted by atomic mass is 15.3. The lowest BCUT2D eigenvalue weighted by Gasteiger charge is -2.04. The van der Waals surface area contributed by atoms with Crippen molar-refractivity contribution in [2.75, 3.05) is 0 Å². The molecular weight excluding hydrogens is 172 g/mol. The van der Waals surface area contributed by atoms with Crippen LogP contribution in [-0.4, -0.2) is 9.78 Å². The van der Waals surface area contributed by atoms with Gasteiger partial charge in [-0.15, -0.1) is 0 Å². The van der Waals surface area contributed by atoms with Crippen molar-refractivity contribution in [3.63, 3.8) is 0 Å². The average molecular weight is 186 g/mol. The molecule has 0 aliphatic carbocycles. The maximum absolute atomic E-state index is 4.23. The van der Waals surface area contributed by atoms with Crippen LogP contribution < -0.4 is 0 Å². The normalized spacial score (nSPS) is 10.5. The Labute approximate surface area is 84.2 Å². The van der Waals surface area contributed by atoms with E-state index in [4.69, 9.17) is 0 Å². The van der Waals surface area contributed by atoms with Crippen LogP contribution in [0, 0.1) is 13.8 Å². The fraction of sp³-hybridized carbons (Fsp3) is 0.250. The minimum absolute atomic E-state index is 1.20. The molecule has 0 N–H and O–H groups in total. The summed E-state index contributed by atoms with van der Waals surface area (Å²) in [6, 6.07) is 8.53. The largest absolute Gasteiger partial charge is 0.268 e. The van der Waals surface area contributed by atoms with Crippen molar-refractivity contribution < 1.29 is 0 Å². The molecule has 14 heavy (non-hydrogen) atoms. The molecule has 0 spiro atoms. The Kier molecular flexibility index (Phi) is 2.12. The van der Waals surface area contributed by atoms with E-state index in [1.165, 1.54) is 22.4 Å². The quantitative estimate of drug-likeness (QED) is 0.669. The molecular formula is C12H14N2. The van der Waals surface area contributed by atoms with E-state index in [1.807, 2.05) is 17.9 Å². The summed E-state index contributed by atoms with van der Waals surface area (Å²) >= 11 is 0. The number of aryl methyl sites for hydroxylation is 3. The minimum atomic E-state index is 1.20. The second-order valence-corrected chi connectivity index (χ2v) is 3.67. The van der Waals surface area contributed by atoms with Gasteiger partial charge in [-0.1, -0.05) is 29.8 Å². The summed E-state index contributed by atoms with van der Waals surface area (Å²) in [4.78, 5) is 0. The minimum Gasteiger partial charge on any atom is -0.268 e. The van der Waals surface area contributed by atoms with Crippen LogP contribution in [0.2, 0.25) is 0 Å². The lowest BCUT2D eigenvalue weighted by molar-refractivity contribution is 0.775. The van der Waals surface area contributed by atoms with E-state index in [9.17, 15) is 0 Å². The molecule has 0 saturated heterocycles. The molecule has 0 radical (unpaired) electrons. The van der Waals surface area contributed by atoms with E-state index in [2.05, 4.69) is 43.2 Å². The fourth-order valence-electron chi connectivity index (χ4n) is 1.67. The third-order valence-corrected chi connectivity index (χ3v) is 2.45. The van der Waals surface area contributed by atoms with E-state index >= 15 is 0 Å². The van der Waals surface area contributed by atoms with Crippen LogP contribution in [0.3, 0.4) is 0 Å². The van der Waals surface area contributed by atoms with Crippen LogP contribution in [0.4, 0.5) is 0 Å². The highest BCUT2D eigenvalue weighted by molar-refractivity contribution is 5.63. The van der Waals surface area contributed by atoms with Crippen LogP contribution in [0.25, 0.3) is 11.3 Å². The summed E-state index contributed by atoms with van der Waals surface area (Å²) in [6.45, 7) is 4.18. The number of aromatic nitrogens is 2. The fourth-order valence-corrected chi connectivity index (χ4v) is 1.67. The van der Waals surface area contributed by atoms with Crippen molar-refractivity contribution in [1.82, 2.24) is 9.78 Å². The van der Waals surface area contributed by atoms with Gasteiger partial charge in [-0.3, -0.25) is 4.68 Å². The summed E-state index contributed by atoms with van der Waals surface area (Å²) in [5.74, 6) is 0. The smallest absolute Gasteiger partial charge is 0.0708 e. The first-order chi connectivity index (χ1) is 6.68. The van der Waals surface area contributed by atoms with Crippen LogP contribution >= 0.6 is 0 Å². The van der Waals surface area contributed by atoms with E-state index in [0.717, 1.165) is 0 Å². The molecule has 1 heterocycles. The molecule has 2 rings (SSSR count). The van der Waals surface area contributed by atoms with Gasteiger partial charge in [0, 0.05) is 12.6 Å². The van der Waals surface area contributed by atoms with Gasteiger partial charge in [-0.25, -0.2) is 0 Å². The summed E-state index contributed by atoms with van der Waals surface area (Å²) in [5, 5.41) is 4.23. The maximum Gasteiger partial charge on any atom is 0.0708 e. The van der Waals surface area contributed by atoms with Crippen LogP contribution in [0.5, 0.6) is 0 Å². The second kappa shape index (κ2) is 3.29. The van der Waals surface area contributed by atoms with Gasteiger partial charge in [0.2, 0.25) is 0 Å². The van der Waals surface area contributed by atoms with Crippen LogP contribution in [0.1, 0.15) is 11.1 Å². The maximum atomic E-state index is 4.23. The number of rotatable bonds is 1. The monoisotopic (exact) mass is 186 g/mol. The number of hydrogen-bond acceptors (Lipinski definition) is 1. The molecule has 1 aromatic carbocycles. The zero-order valence-electron chi connectivity index (χ0n) is 8.78. The highest BCUT2D eigenvalue weighted by Gasteiger charge is 2.05. The van der Waals surface area contributed by atoms with E-state index in [-0.39, 0.29) is 0 Å². The highest BCUT2D eigenvalue weighted by Crippen LogP contribution is 2.22. The number of hydrogen-bond donors (Lipinski definition) is 0. The van der Waals surface area contributed by atoms with Gasteiger partial charge < -0.3 is 0 Å². The Balaban J connectivity index is 2.54. The molecule has 0 aliphatic heterocycles. The lowest BCUT2D eigenvalue weighted by atomic mass is 10.1. The molecule has 0 bridgehead atoms. The van der Waals surface area contributed by atoms with Crippen molar-refractivity contribution >= 4 is 0 Å². The Morgan fingerprint density at radius 1 is 1.07 bits per heavy atom. The molecule has 0 fully saturated rings. The van der Waals surface area contributed by atoms with Crippen molar-refractivity contribution in [3.8, 4) is 11.3 Å². The summed E-state index contributed by atoms with van der Waals surface area (Å²) in [6.07, 6.45) is 1.90. The first-order valence-corrected chi connectivity index (χ1v) is 4.74. The molecule has 0 amide bonds. The number of benzene rings is 1. The van der Waals surface area contributed by atoms with Gasteiger partial charge in [-0.05, 0) is 19.4 Å². The lowest BCUT2D eigenvalue weighted by Crippen LogP contribution is -1.94. The second-order valence-electron chi connectivity index (χ2n) is 3.67. The van der Waals surface area contributed by atoms with E-state index in [1.54, 1.807) is 0 Å². The number of nitrogens with zero attached hydrogens (tertiary/aromatic N) is 2. The third kappa shape index (κ3) is 1.43. The van der Waals surface area contributed by atoms with Gasteiger partial charge in [0.05, 0.1) is 11.9 Å². The molecule has 0 atom stereocenters. The summed E-state index contributed by atoms with van der Waals surface area (Å²) < 4.78 is 1.92. The molecule has 72 valence electrons. The summed E-state index contributed by atoms with van der Waals surface area (Å²) in [7, 11) is 1.97. The molecule has 2 nitrogen and oxygen atoms in total. The van der Waals surface area contributed by atoms with Crippen molar-refractivity contribution in [1.29, 1.82) is 0 Å². The van der Waals surface area contributed by atoms with Gasteiger partial charge >= 0.3 is 0 Å². The van der Waals surface area contributed by atoms with E-state index in [0.29, 0.717) is 0 Å². The SMILES string of the molecule is Cc1ccc(-c2c(C)cnn2C)cc1. The van der Waals surface area contributed by atoms with Crippen LogP contribution in [-0.2, 0) is 7.05 Å². The molecule has 2 heteroatoms. The average Bonchev–Trinajstić information content (AvgIpc) is 2.49. The predicted octanol–water partition coefficient (Wildman–Crippen LogP) is 2.70. The molecule has 0 unspecified atom stereocenters. The van der Waals surface area contributed by atoms with Crippen molar-refractivity contribution in [2.24, 2.45) is 7.05 Å². The van der Waals surface area contributed by atoms with Gasteiger partial charge in [-0.2, -0.15) is 5.10 Å². The molecule has 0 aliphatic rings. The van der Waals surface area contributed by atoms with Crippen molar-refractivity contribution in [3.05, 3.63) is 41.6 Å². The summed E-state index contributed by atoms with van der Waals surface area (Å²) in [5.41, 5.74) is 4.93. The third-order valence-electron chi connectivity index (χ3n) is 2.45.